The van der Waals surface area contributed by atoms with Gasteiger partial charge in [0, 0.05) is 25.0 Å². The number of nitrogens with zero attached hydrogens (tertiary/aromatic N) is 3. The van der Waals surface area contributed by atoms with Crippen LogP contribution in [0.3, 0.4) is 0 Å². The van der Waals surface area contributed by atoms with Crippen LogP contribution < -0.4 is 19.7 Å². The fraction of sp³-hybridized carbons (Fsp3) is 0.273. The molecule has 3 aromatic rings. The summed E-state index contributed by atoms with van der Waals surface area (Å²) in [6.45, 7) is 3.63. The van der Waals surface area contributed by atoms with Gasteiger partial charge in [-0.2, -0.15) is 4.98 Å². The summed E-state index contributed by atoms with van der Waals surface area (Å²) in [5.41, 5.74) is 2.24. The maximum atomic E-state index is 5.37. The fourth-order valence-electron chi connectivity index (χ4n) is 3.00. The average molecular weight is 378 g/mol. The number of ether oxygens (including phenoxy) is 2. The van der Waals surface area contributed by atoms with E-state index >= 15 is 0 Å². The Morgan fingerprint density at radius 1 is 0.964 bits per heavy atom. The predicted molar refractivity (Wildman–Crippen MR) is 113 cm³/mol. The highest BCUT2D eigenvalue weighted by molar-refractivity contribution is 5.58. The molecule has 0 aliphatic heterocycles. The van der Waals surface area contributed by atoms with E-state index in [9.17, 15) is 0 Å². The van der Waals surface area contributed by atoms with Crippen molar-refractivity contribution in [2.75, 3.05) is 37.5 Å². The third-order valence-corrected chi connectivity index (χ3v) is 4.44. The lowest BCUT2D eigenvalue weighted by Gasteiger charge is -2.21. The molecule has 0 spiro atoms. The summed E-state index contributed by atoms with van der Waals surface area (Å²) >= 11 is 0. The third kappa shape index (κ3) is 4.71. The van der Waals surface area contributed by atoms with Gasteiger partial charge in [0.15, 0.2) is 11.5 Å². The second-order valence-corrected chi connectivity index (χ2v) is 6.19. The molecule has 0 radical (unpaired) electrons. The summed E-state index contributed by atoms with van der Waals surface area (Å²) < 4.78 is 10.7. The molecular formula is C22H26N4O2. The van der Waals surface area contributed by atoms with E-state index in [2.05, 4.69) is 39.2 Å². The highest BCUT2D eigenvalue weighted by Crippen LogP contribution is 2.27. The van der Waals surface area contributed by atoms with Gasteiger partial charge >= 0.3 is 0 Å². The highest BCUT2D eigenvalue weighted by atomic mass is 16.5. The van der Waals surface area contributed by atoms with Crippen molar-refractivity contribution in [2.24, 2.45) is 0 Å². The molecule has 146 valence electrons. The Balaban J connectivity index is 1.65. The first-order valence-corrected chi connectivity index (χ1v) is 9.35. The zero-order valence-corrected chi connectivity index (χ0v) is 16.6. The SMILES string of the molecule is CCN(c1ccccc1)c1nccc(NCCc2ccc(OC)c(OC)c2)n1. The Kier molecular flexibility index (Phi) is 6.68. The number of hydrogen-bond donors (Lipinski definition) is 1. The van der Waals surface area contributed by atoms with Crippen molar-refractivity contribution >= 4 is 17.5 Å². The average Bonchev–Trinajstić information content (AvgIpc) is 2.75. The number of nitrogens with one attached hydrogen (secondary N) is 1. The van der Waals surface area contributed by atoms with E-state index in [1.54, 1.807) is 20.4 Å². The zero-order valence-electron chi connectivity index (χ0n) is 16.6. The minimum atomic E-state index is 0.685. The summed E-state index contributed by atoms with van der Waals surface area (Å²) in [6.07, 6.45) is 2.63. The summed E-state index contributed by atoms with van der Waals surface area (Å²) in [7, 11) is 3.29. The molecule has 0 aliphatic rings. The largest absolute Gasteiger partial charge is 0.493 e. The van der Waals surface area contributed by atoms with Gasteiger partial charge in [0.05, 0.1) is 14.2 Å². The molecule has 0 fully saturated rings. The standard InChI is InChI=1S/C22H26N4O2/c1-4-26(18-8-6-5-7-9-18)22-24-15-13-21(25-22)23-14-12-17-10-11-19(27-2)20(16-17)28-3/h5-11,13,15-16H,4,12,14H2,1-3H3,(H,23,24,25). The van der Waals surface area contributed by atoms with Crippen molar-refractivity contribution in [1.29, 1.82) is 0 Å². The maximum Gasteiger partial charge on any atom is 0.231 e. The van der Waals surface area contributed by atoms with Crippen LogP contribution in [0.5, 0.6) is 11.5 Å². The lowest BCUT2D eigenvalue weighted by atomic mass is 10.1. The van der Waals surface area contributed by atoms with Gasteiger partial charge in [0.25, 0.3) is 0 Å². The Morgan fingerprint density at radius 2 is 1.75 bits per heavy atom. The maximum absolute atomic E-state index is 5.37. The van der Waals surface area contributed by atoms with Crippen LogP contribution in [0.15, 0.2) is 60.8 Å². The lowest BCUT2D eigenvalue weighted by molar-refractivity contribution is 0.354. The van der Waals surface area contributed by atoms with Crippen LogP contribution >= 0.6 is 0 Å². The molecule has 1 heterocycles. The molecule has 3 rings (SSSR count). The van der Waals surface area contributed by atoms with Crippen LogP contribution in [0.25, 0.3) is 0 Å². The normalized spacial score (nSPS) is 10.4. The van der Waals surface area contributed by atoms with Gasteiger partial charge < -0.3 is 19.7 Å². The van der Waals surface area contributed by atoms with Crippen LogP contribution in [0.2, 0.25) is 0 Å². The molecule has 0 aliphatic carbocycles. The first kappa shape index (κ1) is 19.5. The summed E-state index contributed by atoms with van der Waals surface area (Å²) in [4.78, 5) is 11.2. The number of methoxy groups -OCH3 is 2. The number of anilines is 3. The van der Waals surface area contributed by atoms with Gasteiger partial charge in [-0.25, -0.2) is 4.98 Å². The topological polar surface area (TPSA) is 59.5 Å². The van der Waals surface area contributed by atoms with Gasteiger partial charge in [0.2, 0.25) is 5.95 Å². The molecule has 0 unspecified atom stereocenters. The molecule has 0 atom stereocenters. The molecule has 6 nitrogen and oxygen atoms in total. The Morgan fingerprint density at radius 3 is 2.46 bits per heavy atom. The second kappa shape index (κ2) is 9.60. The monoisotopic (exact) mass is 378 g/mol. The van der Waals surface area contributed by atoms with E-state index in [-0.39, 0.29) is 0 Å². The molecule has 1 N–H and O–H groups in total. The molecule has 0 bridgehead atoms. The smallest absolute Gasteiger partial charge is 0.231 e. The van der Waals surface area contributed by atoms with Crippen molar-refractivity contribution in [2.45, 2.75) is 13.3 Å². The van der Waals surface area contributed by atoms with Crippen molar-refractivity contribution in [1.82, 2.24) is 9.97 Å². The molecule has 1 aromatic heterocycles. The van der Waals surface area contributed by atoms with Crippen molar-refractivity contribution in [3.8, 4) is 11.5 Å². The number of benzene rings is 2. The van der Waals surface area contributed by atoms with E-state index in [0.717, 1.165) is 42.5 Å². The quantitative estimate of drug-likeness (QED) is 0.599. The molecule has 0 amide bonds. The number of aromatic nitrogens is 2. The molecule has 2 aromatic carbocycles. The van der Waals surface area contributed by atoms with Gasteiger partial charge in [0.1, 0.15) is 5.82 Å². The van der Waals surface area contributed by atoms with E-state index in [1.807, 2.05) is 42.5 Å². The van der Waals surface area contributed by atoms with Crippen molar-refractivity contribution in [3.05, 3.63) is 66.4 Å². The molecule has 28 heavy (non-hydrogen) atoms. The second-order valence-electron chi connectivity index (χ2n) is 6.19. The summed E-state index contributed by atoms with van der Waals surface area (Å²) in [5.74, 6) is 2.97. The molecule has 0 saturated heterocycles. The third-order valence-electron chi connectivity index (χ3n) is 4.44. The van der Waals surface area contributed by atoms with E-state index in [1.165, 1.54) is 5.56 Å². The zero-order chi connectivity index (χ0) is 19.8. The first-order valence-electron chi connectivity index (χ1n) is 9.35. The Hall–Kier alpha value is -3.28. The fourth-order valence-corrected chi connectivity index (χ4v) is 3.00. The van der Waals surface area contributed by atoms with E-state index in [4.69, 9.17) is 9.47 Å². The number of rotatable bonds is 9. The molecule has 0 saturated carbocycles. The highest BCUT2D eigenvalue weighted by Gasteiger charge is 2.10. The van der Waals surface area contributed by atoms with Crippen LogP contribution in [0.1, 0.15) is 12.5 Å². The number of para-hydroxylation sites is 1. The van der Waals surface area contributed by atoms with E-state index < -0.39 is 0 Å². The minimum Gasteiger partial charge on any atom is -0.493 e. The van der Waals surface area contributed by atoms with Crippen LogP contribution in [-0.2, 0) is 6.42 Å². The summed E-state index contributed by atoms with van der Waals surface area (Å²) in [5, 5.41) is 3.38. The number of hydrogen-bond acceptors (Lipinski definition) is 6. The minimum absolute atomic E-state index is 0.685. The summed E-state index contributed by atoms with van der Waals surface area (Å²) in [6, 6.07) is 18.0. The first-order chi connectivity index (χ1) is 13.7. The Bertz CT molecular complexity index is 887. The Labute approximate surface area is 166 Å². The predicted octanol–water partition coefficient (Wildman–Crippen LogP) is 4.31. The van der Waals surface area contributed by atoms with Gasteiger partial charge in [-0.3, -0.25) is 0 Å². The van der Waals surface area contributed by atoms with Crippen molar-refractivity contribution in [3.63, 3.8) is 0 Å². The lowest BCUT2D eigenvalue weighted by Crippen LogP contribution is -2.19. The van der Waals surface area contributed by atoms with Crippen LogP contribution in [-0.4, -0.2) is 37.3 Å². The van der Waals surface area contributed by atoms with Gasteiger partial charge in [-0.1, -0.05) is 24.3 Å². The van der Waals surface area contributed by atoms with Gasteiger partial charge in [-0.05, 0) is 49.2 Å². The van der Waals surface area contributed by atoms with Crippen LogP contribution in [0.4, 0.5) is 17.5 Å². The van der Waals surface area contributed by atoms with Crippen LogP contribution in [0, 0.1) is 0 Å². The van der Waals surface area contributed by atoms with Gasteiger partial charge in [-0.15, -0.1) is 0 Å². The molecule has 6 heteroatoms. The van der Waals surface area contributed by atoms with Crippen molar-refractivity contribution < 1.29 is 9.47 Å². The van der Waals surface area contributed by atoms with E-state index in [0.29, 0.717) is 5.95 Å². The molecular weight excluding hydrogens is 352 g/mol.